The lowest BCUT2D eigenvalue weighted by atomic mass is 10.1. The van der Waals surface area contributed by atoms with Gasteiger partial charge in [-0.1, -0.05) is 11.3 Å². The van der Waals surface area contributed by atoms with Crippen molar-refractivity contribution >= 4 is 77.5 Å². The lowest BCUT2D eigenvalue weighted by Gasteiger charge is -2.07. The maximum Gasteiger partial charge on any atom is 0.348 e. The number of anilines is 1. The van der Waals surface area contributed by atoms with Crippen LogP contribution >= 0.6 is 22.7 Å². The lowest BCUT2D eigenvalue weighted by molar-refractivity contribution is -0.115. The van der Waals surface area contributed by atoms with Crippen LogP contribution in [0.4, 0.5) is 5.00 Å². The van der Waals surface area contributed by atoms with E-state index in [0.29, 0.717) is 23.4 Å². The number of nitrogens with zero attached hydrogens (tertiary/aromatic N) is 2. The zero-order valence-corrected chi connectivity index (χ0v) is 27.7. The number of hydrogen-bond acceptors (Lipinski definition) is 13. The molecule has 2 aromatic heterocycles. The molecule has 3 rings (SSSR count). The Kier molecular flexibility index (Phi) is 12.5. The molecule has 0 atom stereocenters. The molecule has 1 aromatic carbocycles. The smallest absolute Gasteiger partial charge is 0.348 e. The molecule has 3 aromatic rings. The van der Waals surface area contributed by atoms with Crippen LogP contribution in [0.3, 0.4) is 0 Å². The predicted octanol–water partition coefficient (Wildman–Crippen LogP) is 2.73. The van der Waals surface area contributed by atoms with Gasteiger partial charge in [-0.15, -0.1) is 11.3 Å². The minimum atomic E-state index is -4.33. The fraction of sp³-hybridized carbons (Fsp3) is 0.429. The van der Waals surface area contributed by atoms with Gasteiger partial charge in [0, 0.05) is 13.2 Å². The highest BCUT2D eigenvalue weighted by molar-refractivity contribution is 7.92. The first-order chi connectivity index (χ1) is 21.3. The molecule has 0 saturated carbocycles. The number of thiophene rings is 1. The second-order valence-electron chi connectivity index (χ2n) is 9.19. The molecule has 2 heterocycles. The molecule has 0 aliphatic rings. The van der Waals surface area contributed by atoms with Crippen molar-refractivity contribution in [1.82, 2.24) is 4.57 Å². The van der Waals surface area contributed by atoms with Crippen LogP contribution in [-0.2, 0) is 44.9 Å². The summed E-state index contributed by atoms with van der Waals surface area (Å²) in [6.07, 6.45) is 0. The van der Waals surface area contributed by atoms with E-state index in [4.69, 9.17) is 18.9 Å². The van der Waals surface area contributed by atoms with Crippen molar-refractivity contribution in [1.29, 1.82) is 0 Å². The fourth-order valence-corrected chi connectivity index (χ4v) is 7.33. The van der Waals surface area contributed by atoms with Crippen molar-refractivity contribution in [3.8, 4) is 0 Å². The number of fused-ring (bicyclic) bond motifs is 1. The number of sulfone groups is 1. The van der Waals surface area contributed by atoms with Gasteiger partial charge >= 0.3 is 17.9 Å². The third kappa shape index (κ3) is 9.06. The molecular weight excluding hydrogens is 651 g/mol. The second kappa shape index (κ2) is 15.9. The van der Waals surface area contributed by atoms with Gasteiger partial charge in [0.15, 0.2) is 14.6 Å². The lowest BCUT2D eigenvalue weighted by Crippen LogP contribution is -2.28. The molecule has 0 unspecified atom stereocenters. The Morgan fingerprint density at radius 1 is 0.933 bits per heavy atom. The van der Waals surface area contributed by atoms with Crippen molar-refractivity contribution < 1.29 is 51.3 Å². The molecule has 244 valence electrons. The molecule has 0 saturated heterocycles. The SMILES string of the molecule is CCOCCn1c(=NC(=O)CS(=O)(=O)CC(=O)Nc2sc(C(=O)OCC)c(C)c2C(=O)OCC)sc2cc(C(=O)OC)ccc21. The molecule has 0 radical (unpaired) electrons. The Balaban J connectivity index is 1.85. The van der Waals surface area contributed by atoms with E-state index >= 15 is 0 Å². The number of hydrogen-bond donors (Lipinski definition) is 1. The average Bonchev–Trinajstić information content (AvgIpc) is 3.47. The standard InChI is InChI=1S/C28H33N3O11S3/c1-6-40-12-11-31-18-10-9-17(25(34)39-5)13-19(18)43-28(31)30-21(33)15-45(37,38)14-20(32)29-24-22(26(35)41-7-2)16(4)23(44-24)27(36)42-8-3/h9-10,13H,6-8,11-12,14-15H2,1-5H3,(H,29,32). The topological polar surface area (TPSA) is 186 Å². The Morgan fingerprint density at radius 2 is 1.62 bits per heavy atom. The number of methoxy groups -OCH3 is 1. The van der Waals surface area contributed by atoms with E-state index < -0.39 is 51.1 Å². The van der Waals surface area contributed by atoms with Crippen molar-refractivity contribution in [3.05, 3.63) is 44.6 Å². The molecule has 45 heavy (non-hydrogen) atoms. The Hall–Kier alpha value is -3.93. The number of carbonyl (C=O) groups is 5. The van der Waals surface area contributed by atoms with Crippen LogP contribution < -0.4 is 10.1 Å². The summed E-state index contributed by atoms with van der Waals surface area (Å²) >= 11 is 1.82. The van der Waals surface area contributed by atoms with E-state index in [0.717, 1.165) is 22.7 Å². The van der Waals surface area contributed by atoms with E-state index in [9.17, 15) is 32.4 Å². The number of rotatable bonds is 14. The number of nitrogens with one attached hydrogen (secondary N) is 1. The van der Waals surface area contributed by atoms with Crippen LogP contribution in [0.25, 0.3) is 10.2 Å². The van der Waals surface area contributed by atoms with Gasteiger partial charge in [0.05, 0.1) is 48.3 Å². The van der Waals surface area contributed by atoms with Crippen LogP contribution in [0, 0.1) is 6.92 Å². The molecular formula is C28H33N3O11S3. The number of carbonyl (C=O) groups excluding carboxylic acids is 5. The largest absolute Gasteiger partial charge is 0.465 e. The molecule has 0 fully saturated rings. The summed E-state index contributed by atoms with van der Waals surface area (Å²) in [5, 5.41) is 2.27. The molecule has 0 aliphatic heterocycles. The number of thiazole rings is 1. The van der Waals surface area contributed by atoms with Gasteiger partial charge in [-0.3, -0.25) is 9.59 Å². The normalized spacial score (nSPS) is 11.8. The minimum Gasteiger partial charge on any atom is -0.465 e. The van der Waals surface area contributed by atoms with Gasteiger partial charge in [0.1, 0.15) is 21.4 Å². The number of ether oxygens (including phenoxy) is 4. The van der Waals surface area contributed by atoms with Gasteiger partial charge in [0.25, 0.3) is 5.91 Å². The molecule has 14 nitrogen and oxygen atoms in total. The van der Waals surface area contributed by atoms with Crippen molar-refractivity contribution in [2.75, 3.05) is 50.4 Å². The Bertz CT molecular complexity index is 1790. The van der Waals surface area contributed by atoms with Crippen molar-refractivity contribution in [3.63, 3.8) is 0 Å². The van der Waals surface area contributed by atoms with Crippen molar-refractivity contribution in [2.45, 2.75) is 34.2 Å². The van der Waals surface area contributed by atoms with Gasteiger partial charge in [0.2, 0.25) is 5.91 Å². The van der Waals surface area contributed by atoms with E-state index in [1.54, 1.807) is 36.6 Å². The summed E-state index contributed by atoms with van der Waals surface area (Å²) in [7, 11) is -3.07. The summed E-state index contributed by atoms with van der Waals surface area (Å²) in [4.78, 5) is 66.8. The molecule has 1 N–H and O–H groups in total. The molecule has 17 heteroatoms. The number of aromatic nitrogens is 1. The quantitative estimate of drug-likeness (QED) is 0.150. The fourth-order valence-electron chi connectivity index (χ4n) is 4.10. The van der Waals surface area contributed by atoms with E-state index in [2.05, 4.69) is 10.3 Å². The van der Waals surface area contributed by atoms with Crippen LogP contribution in [-0.4, -0.2) is 87.8 Å². The van der Waals surface area contributed by atoms with Crippen LogP contribution in [0.15, 0.2) is 23.2 Å². The monoisotopic (exact) mass is 683 g/mol. The van der Waals surface area contributed by atoms with Gasteiger partial charge < -0.3 is 28.8 Å². The summed E-state index contributed by atoms with van der Waals surface area (Å²) in [5.74, 6) is -6.29. The summed E-state index contributed by atoms with van der Waals surface area (Å²) in [6, 6.07) is 4.81. The van der Waals surface area contributed by atoms with Crippen LogP contribution in [0.2, 0.25) is 0 Å². The zero-order chi connectivity index (χ0) is 33.3. The van der Waals surface area contributed by atoms with E-state index in [-0.39, 0.29) is 51.2 Å². The average molecular weight is 684 g/mol. The Morgan fingerprint density at radius 3 is 2.27 bits per heavy atom. The minimum absolute atomic E-state index is 0.0219. The zero-order valence-electron chi connectivity index (χ0n) is 25.3. The van der Waals surface area contributed by atoms with Gasteiger partial charge in [-0.05, 0) is 51.5 Å². The first-order valence-corrected chi connectivity index (χ1v) is 17.2. The van der Waals surface area contributed by atoms with Crippen LogP contribution in [0.1, 0.15) is 56.7 Å². The summed E-state index contributed by atoms with van der Waals surface area (Å²) < 4.78 is 48.2. The molecule has 0 spiro atoms. The third-order valence-electron chi connectivity index (χ3n) is 6.02. The predicted molar refractivity (Wildman–Crippen MR) is 166 cm³/mol. The van der Waals surface area contributed by atoms with Crippen LogP contribution in [0.5, 0.6) is 0 Å². The highest BCUT2D eigenvalue weighted by Gasteiger charge is 2.29. The van der Waals surface area contributed by atoms with E-state index in [1.807, 2.05) is 6.92 Å². The third-order valence-corrected chi connectivity index (χ3v) is 9.64. The maximum absolute atomic E-state index is 12.9. The maximum atomic E-state index is 12.9. The van der Waals surface area contributed by atoms with Gasteiger partial charge in [-0.2, -0.15) is 4.99 Å². The summed E-state index contributed by atoms with van der Waals surface area (Å²) in [6.45, 7) is 7.63. The highest BCUT2D eigenvalue weighted by atomic mass is 32.2. The number of esters is 3. The van der Waals surface area contributed by atoms with Gasteiger partial charge in [-0.25, -0.2) is 22.8 Å². The first-order valence-electron chi connectivity index (χ1n) is 13.7. The summed E-state index contributed by atoms with van der Waals surface area (Å²) in [5.41, 5.74) is 1.05. The first kappa shape index (κ1) is 35.5. The molecule has 2 amide bonds. The highest BCUT2D eigenvalue weighted by Crippen LogP contribution is 2.34. The molecule has 0 bridgehead atoms. The number of benzene rings is 1. The van der Waals surface area contributed by atoms with E-state index in [1.165, 1.54) is 14.0 Å². The Labute approximate surface area is 266 Å². The van der Waals surface area contributed by atoms with Crippen molar-refractivity contribution in [2.24, 2.45) is 4.99 Å². The second-order valence-corrected chi connectivity index (χ2v) is 13.3. The number of amides is 2. The molecule has 0 aliphatic carbocycles.